The van der Waals surface area contributed by atoms with E-state index in [1.807, 2.05) is 13.8 Å². The molecule has 31 heavy (non-hydrogen) atoms. The number of aliphatic carboxylic acids is 1. The molecule has 1 heterocycles. The maximum Gasteiger partial charge on any atom is 0.326 e. The monoisotopic (exact) mass is 459 g/mol. The van der Waals surface area contributed by atoms with Crippen LogP contribution in [-0.4, -0.2) is 76.1 Å². The smallest absolute Gasteiger partial charge is 0.326 e. The number of primary amides is 1. The molecule has 4 atom stereocenters. The lowest BCUT2D eigenvalue weighted by molar-refractivity contribution is -0.143. The number of thiol groups is 1. The number of nitrogens with two attached hydrogens (primary N) is 2. The number of hydrogen-bond donors (Lipinski definition) is 6. The number of nitrogens with one attached hydrogen (secondary N) is 2. The summed E-state index contributed by atoms with van der Waals surface area (Å²) < 4.78 is 0. The highest BCUT2D eigenvalue weighted by Gasteiger charge is 2.37. The average Bonchev–Trinajstić information content (AvgIpc) is 3.18. The Bertz CT molecular complexity index is 689. The molecule has 4 amide bonds. The number of carboxylic acids is 1. The van der Waals surface area contributed by atoms with Crippen LogP contribution in [0.5, 0.6) is 0 Å². The molecular formula is C19H33N5O6S. The molecule has 176 valence electrons. The Morgan fingerprint density at radius 1 is 1.16 bits per heavy atom. The second kappa shape index (κ2) is 12.5. The zero-order chi connectivity index (χ0) is 23.7. The van der Waals surface area contributed by atoms with Crippen molar-refractivity contribution in [2.24, 2.45) is 17.4 Å². The van der Waals surface area contributed by atoms with E-state index in [1.165, 1.54) is 4.90 Å². The maximum absolute atomic E-state index is 12.9. The molecule has 12 heteroatoms. The molecule has 7 N–H and O–H groups in total. The van der Waals surface area contributed by atoms with Crippen molar-refractivity contribution < 1.29 is 29.1 Å². The Balaban J connectivity index is 2.93. The fourth-order valence-electron chi connectivity index (χ4n) is 3.38. The Kier molecular flexibility index (Phi) is 10.8. The highest BCUT2D eigenvalue weighted by Crippen LogP contribution is 2.19. The minimum atomic E-state index is -1.20. The van der Waals surface area contributed by atoms with Crippen LogP contribution in [-0.2, 0) is 24.0 Å². The highest BCUT2D eigenvalue weighted by atomic mass is 32.1. The minimum absolute atomic E-state index is 0.00848. The Morgan fingerprint density at radius 3 is 2.32 bits per heavy atom. The molecule has 0 aromatic heterocycles. The highest BCUT2D eigenvalue weighted by molar-refractivity contribution is 7.80. The van der Waals surface area contributed by atoms with Gasteiger partial charge in [-0.1, -0.05) is 13.8 Å². The summed E-state index contributed by atoms with van der Waals surface area (Å²) in [4.78, 5) is 62.0. The van der Waals surface area contributed by atoms with E-state index >= 15 is 0 Å². The predicted octanol–water partition coefficient (Wildman–Crippen LogP) is -1.40. The van der Waals surface area contributed by atoms with Gasteiger partial charge in [0, 0.05) is 18.7 Å². The van der Waals surface area contributed by atoms with E-state index in [-0.39, 0.29) is 30.9 Å². The topological polar surface area (TPSA) is 185 Å². The summed E-state index contributed by atoms with van der Waals surface area (Å²) in [6, 6.07) is -3.98. The van der Waals surface area contributed by atoms with E-state index in [2.05, 4.69) is 23.3 Å². The summed E-state index contributed by atoms with van der Waals surface area (Å²) >= 11 is 4.01. The summed E-state index contributed by atoms with van der Waals surface area (Å²) in [6.07, 6.45) is 0.906. The number of carbonyl (C=O) groups excluding carboxylic acids is 4. The van der Waals surface area contributed by atoms with Crippen molar-refractivity contribution >= 4 is 42.2 Å². The lowest BCUT2D eigenvalue weighted by atomic mass is 10.0. The lowest BCUT2D eigenvalue weighted by Crippen LogP contribution is -2.57. The van der Waals surface area contributed by atoms with Gasteiger partial charge in [0.2, 0.25) is 23.6 Å². The van der Waals surface area contributed by atoms with E-state index in [0.29, 0.717) is 19.4 Å². The van der Waals surface area contributed by atoms with E-state index in [1.54, 1.807) is 0 Å². The number of hydrogen-bond acceptors (Lipinski definition) is 7. The van der Waals surface area contributed by atoms with E-state index in [0.717, 1.165) is 0 Å². The van der Waals surface area contributed by atoms with Gasteiger partial charge in [0.1, 0.15) is 18.1 Å². The molecular weight excluding hydrogens is 426 g/mol. The molecule has 0 spiro atoms. The van der Waals surface area contributed by atoms with Crippen molar-refractivity contribution in [2.75, 3.05) is 12.3 Å². The van der Waals surface area contributed by atoms with Crippen LogP contribution in [0.15, 0.2) is 0 Å². The molecule has 1 saturated heterocycles. The lowest BCUT2D eigenvalue weighted by Gasteiger charge is -2.28. The van der Waals surface area contributed by atoms with E-state index in [9.17, 15) is 29.1 Å². The summed E-state index contributed by atoms with van der Waals surface area (Å²) in [5.74, 6) is -3.44. The number of nitrogens with zero attached hydrogens (tertiary/aromatic N) is 1. The van der Waals surface area contributed by atoms with Crippen LogP contribution >= 0.6 is 12.6 Å². The first-order chi connectivity index (χ1) is 14.5. The molecule has 0 aliphatic carbocycles. The van der Waals surface area contributed by atoms with Crippen molar-refractivity contribution in [1.29, 1.82) is 0 Å². The van der Waals surface area contributed by atoms with Crippen molar-refractivity contribution in [2.45, 2.75) is 70.1 Å². The third kappa shape index (κ3) is 8.37. The van der Waals surface area contributed by atoms with Gasteiger partial charge < -0.3 is 32.1 Å². The molecule has 0 saturated carbocycles. The van der Waals surface area contributed by atoms with Gasteiger partial charge in [-0.2, -0.15) is 12.6 Å². The van der Waals surface area contributed by atoms with Gasteiger partial charge in [-0.3, -0.25) is 19.2 Å². The average molecular weight is 460 g/mol. The Morgan fingerprint density at radius 2 is 1.81 bits per heavy atom. The Hall–Kier alpha value is -2.34. The Labute approximate surface area is 187 Å². The predicted molar refractivity (Wildman–Crippen MR) is 116 cm³/mol. The van der Waals surface area contributed by atoms with Gasteiger partial charge >= 0.3 is 5.97 Å². The first kappa shape index (κ1) is 26.7. The van der Waals surface area contributed by atoms with Crippen molar-refractivity contribution in [1.82, 2.24) is 15.5 Å². The SMILES string of the molecule is CC(C)CC(NC(=O)C(CCC(N)=O)NC(=O)C1CCCN1C(=O)C(N)CS)C(=O)O. The molecule has 0 aromatic carbocycles. The zero-order valence-corrected chi connectivity index (χ0v) is 18.8. The first-order valence-electron chi connectivity index (χ1n) is 10.3. The number of amides is 4. The van der Waals surface area contributed by atoms with Crippen molar-refractivity contribution in [3.05, 3.63) is 0 Å². The molecule has 0 radical (unpaired) electrons. The van der Waals surface area contributed by atoms with E-state index < -0.39 is 53.8 Å². The number of carboxylic acid groups (broad SMARTS) is 1. The second-order valence-corrected chi connectivity index (χ2v) is 8.44. The second-order valence-electron chi connectivity index (χ2n) is 8.07. The maximum atomic E-state index is 12.9. The van der Waals surface area contributed by atoms with Crippen molar-refractivity contribution in [3.8, 4) is 0 Å². The number of carbonyl (C=O) groups is 5. The zero-order valence-electron chi connectivity index (χ0n) is 17.9. The number of likely N-dealkylation sites (tertiary alicyclic amines) is 1. The summed E-state index contributed by atoms with van der Waals surface area (Å²) in [5, 5.41) is 14.3. The molecule has 1 aliphatic heterocycles. The van der Waals surface area contributed by atoms with Crippen LogP contribution in [0.3, 0.4) is 0 Å². The largest absolute Gasteiger partial charge is 0.480 e. The van der Waals surface area contributed by atoms with Crippen LogP contribution in [0.25, 0.3) is 0 Å². The fraction of sp³-hybridized carbons (Fsp3) is 0.737. The quantitative estimate of drug-likeness (QED) is 0.194. The minimum Gasteiger partial charge on any atom is -0.480 e. The van der Waals surface area contributed by atoms with Gasteiger partial charge in [-0.05, 0) is 31.6 Å². The van der Waals surface area contributed by atoms with Gasteiger partial charge in [0.25, 0.3) is 0 Å². The summed E-state index contributed by atoms with van der Waals surface area (Å²) in [7, 11) is 0. The molecule has 1 rings (SSSR count). The summed E-state index contributed by atoms with van der Waals surface area (Å²) in [6.45, 7) is 3.98. The first-order valence-corrected chi connectivity index (χ1v) is 10.9. The number of rotatable bonds is 12. The van der Waals surface area contributed by atoms with Gasteiger partial charge in [0.05, 0.1) is 6.04 Å². The molecule has 4 unspecified atom stereocenters. The van der Waals surface area contributed by atoms with Gasteiger partial charge in [-0.15, -0.1) is 0 Å². The summed E-state index contributed by atoms with van der Waals surface area (Å²) in [5.41, 5.74) is 10.9. The van der Waals surface area contributed by atoms with E-state index in [4.69, 9.17) is 11.5 Å². The van der Waals surface area contributed by atoms with Crippen LogP contribution in [0.2, 0.25) is 0 Å². The van der Waals surface area contributed by atoms with Crippen LogP contribution in [0, 0.1) is 5.92 Å². The van der Waals surface area contributed by atoms with Crippen molar-refractivity contribution in [3.63, 3.8) is 0 Å². The third-order valence-electron chi connectivity index (χ3n) is 4.99. The van der Waals surface area contributed by atoms with Crippen LogP contribution < -0.4 is 22.1 Å². The molecule has 1 aliphatic rings. The molecule has 0 bridgehead atoms. The molecule has 11 nitrogen and oxygen atoms in total. The van der Waals surface area contributed by atoms with Crippen LogP contribution in [0.4, 0.5) is 0 Å². The third-order valence-corrected chi connectivity index (χ3v) is 5.38. The molecule has 1 fully saturated rings. The normalized spacial score (nSPS) is 18.9. The van der Waals surface area contributed by atoms with Crippen LogP contribution in [0.1, 0.15) is 46.0 Å². The molecule has 0 aromatic rings. The fourth-order valence-corrected chi connectivity index (χ4v) is 3.54. The van der Waals surface area contributed by atoms with Gasteiger partial charge in [0.15, 0.2) is 0 Å². The standard InChI is InChI=1S/C19H33N5O6S/c1-10(2)8-13(19(29)30)23-16(26)12(5-6-15(21)25)22-17(27)14-4-3-7-24(14)18(28)11(20)9-31/h10-14,31H,3-9,20H2,1-2H3,(H2,21,25)(H,22,27)(H,23,26)(H,29,30). The van der Waals surface area contributed by atoms with Gasteiger partial charge in [-0.25, -0.2) is 4.79 Å².